The van der Waals surface area contributed by atoms with Gasteiger partial charge in [0.1, 0.15) is 6.10 Å². The molecule has 4 heteroatoms. The lowest BCUT2D eigenvalue weighted by Gasteiger charge is -2.04. The fourth-order valence-corrected chi connectivity index (χ4v) is 3.47. The number of amides is 1. The lowest BCUT2D eigenvalue weighted by atomic mass is 10.0. The summed E-state index contributed by atoms with van der Waals surface area (Å²) in [5, 5.41) is 2.83. The van der Waals surface area contributed by atoms with E-state index in [0.29, 0.717) is 6.10 Å². The van der Waals surface area contributed by atoms with Crippen LogP contribution in [-0.2, 0) is 14.3 Å². The van der Waals surface area contributed by atoms with E-state index in [1.165, 1.54) is 102 Å². The molecule has 0 aromatic heterocycles. The highest BCUT2D eigenvalue weighted by atomic mass is 16.6. The van der Waals surface area contributed by atoms with Crippen molar-refractivity contribution in [3.63, 3.8) is 0 Å². The van der Waals surface area contributed by atoms with E-state index in [1.54, 1.807) is 0 Å². The fourth-order valence-electron chi connectivity index (χ4n) is 3.47. The van der Waals surface area contributed by atoms with E-state index >= 15 is 0 Å². The zero-order valence-electron chi connectivity index (χ0n) is 18.2. The van der Waals surface area contributed by atoms with E-state index in [2.05, 4.69) is 11.9 Å². The van der Waals surface area contributed by atoms with Gasteiger partial charge in [-0.05, 0) is 18.9 Å². The van der Waals surface area contributed by atoms with Gasteiger partial charge in [0.05, 0.1) is 13.2 Å². The third-order valence-electron chi connectivity index (χ3n) is 5.41. The molecule has 28 heavy (non-hydrogen) atoms. The van der Waals surface area contributed by atoms with Crippen molar-refractivity contribution in [3.05, 3.63) is 12.7 Å². The van der Waals surface area contributed by atoms with Gasteiger partial charge in [-0.25, -0.2) is 0 Å². The maximum atomic E-state index is 11.0. The first kappa shape index (κ1) is 25.2. The minimum absolute atomic E-state index is 0.0549. The summed E-state index contributed by atoms with van der Waals surface area (Å²) in [7, 11) is 0. The molecule has 0 spiro atoms. The van der Waals surface area contributed by atoms with Crippen LogP contribution >= 0.6 is 0 Å². The van der Waals surface area contributed by atoms with Crippen molar-refractivity contribution in [3.8, 4) is 0 Å². The van der Waals surface area contributed by atoms with Crippen LogP contribution in [0.4, 0.5) is 0 Å². The Balaban J connectivity index is 1.61. The summed E-state index contributed by atoms with van der Waals surface area (Å²) in [6.07, 6.45) is 23.2. The highest BCUT2D eigenvalue weighted by Crippen LogP contribution is 2.14. The molecule has 1 aliphatic rings. The normalized spacial score (nSPS) is 15.5. The molecule has 164 valence electrons. The van der Waals surface area contributed by atoms with Gasteiger partial charge in [0, 0.05) is 13.2 Å². The van der Waals surface area contributed by atoms with E-state index in [0.717, 1.165) is 32.8 Å². The maximum Gasteiger partial charge on any atom is 0.243 e. The van der Waals surface area contributed by atoms with Crippen LogP contribution in [0, 0.1) is 0 Å². The minimum atomic E-state index is -0.0549. The maximum absolute atomic E-state index is 11.0. The molecule has 1 rings (SSSR count). The van der Waals surface area contributed by atoms with E-state index in [-0.39, 0.29) is 5.91 Å². The first-order valence-electron chi connectivity index (χ1n) is 11.9. The van der Waals surface area contributed by atoms with Gasteiger partial charge in [-0.3, -0.25) is 4.79 Å². The Kier molecular flexibility index (Phi) is 17.5. The van der Waals surface area contributed by atoms with Crippen LogP contribution in [0.15, 0.2) is 12.7 Å². The third-order valence-corrected chi connectivity index (χ3v) is 5.41. The molecule has 1 unspecified atom stereocenters. The Labute approximate surface area is 173 Å². The van der Waals surface area contributed by atoms with Crippen LogP contribution in [0.3, 0.4) is 0 Å². The molecule has 4 nitrogen and oxygen atoms in total. The molecule has 1 saturated heterocycles. The molecule has 0 saturated carbocycles. The van der Waals surface area contributed by atoms with Gasteiger partial charge in [0.25, 0.3) is 0 Å². The molecule has 1 N–H and O–H groups in total. The van der Waals surface area contributed by atoms with Gasteiger partial charge in [-0.1, -0.05) is 96.5 Å². The van der Waals surface area contributed by atoms with Gasteiger partial charge in [-0.2, -0.15) is 0 Å². The predicted molar refractivity (Wildman–Crippen MR) is 118 cm³/mol. The minimum Gasteiger partial charge on any atom is -0.379 e. The summed E-state index contributed by atoms with van der Waals surface area (Å²) in [4.78, 5) is 11.0. The quantitative estimate of drug-likeness (QED) is 0.140. The number of rotatable bonds is 22. The monoisotopic (exact) mass is 395 g/mol. The summed E-state index contributed by atoms with van der Waals surface area (Å²) in [5.74, 6) is -0.0549. The van der Waals surface area contributed by atoms with Crippen LogP contribution < -0.4 is 5.32 Å². The number of ether oxygens (including phenoxy) is 2. The first-order chi connectivity index (χ1) is 13.8. The standard InChI is InChI=1S/C24H45NO3/c1-2-24(26)25-19-17-15-13-11-9-7-5-3-4-6-8-10-12-14-16-18-20-27-21-23-22-28-23/h2,23H,1,3-22H2,(H,25,26). The summed E-state index contributed by atoms with van der Waals surface area (Å²) < 4.78 is 10.7. The molecule has 1 fully saturated rings. The largest absolute Gasteiger partial charge is 0.379 e. The van der Waals surface area contributed by atoms with Crippen molar-refractivity contribution < 1.29 is 14.3 Å². The highest BCUT2D eigenvalue weighted by molar-refractivity contribution is 5.86. The summed E-state index contributed by atoms with van der Waals surface area (Å²) >= 11 is 0. The van der Waals surface area contributed by atoms with Crippen molar-refractivity contribution in [2.75, 3.05) is 26.4 Å². The summed E-state index contributed by atoms with van der Waals surface area (Å²) in [5.41, 5.74) is 0. The van der Waals surface area contributed by atoms with Crippen molar-refractivity contribution >= 4 is 5.91 Å². The Morgan fingerprint density at radius 1 is 0.821 bits per heavy atom. The van der Waals surface area contributed by atoms with Gasteiger partial charge in [0.15, 0.2) is 0 Å². The van der Waals surface area contributed by atoms with Crippen LogP contribution in [0.1, 0.15) is 103 Å². The smallest absolute Gasteiger partial charge is 0.243 e. The van der Waals surface area contributed by atoms with Crippen molar-refractivity contribution in [1.82, 2.24) is 5.32 Å². The van der Waals surface area contributed by atoms with Crippen LogP contribution in [0.25, 0.3) is 0 Å². The van der Waals surface area contributed by atoms with Crippen LogP contribution in [0.5, 0.6) is 0 Å². The Bertz CT molecular complexity index is 369. The third kappa shape index (κ3) is 18.5. The van der Waals surface area contributed by atoms with E-state index in [1.807, 2.05) is 0 Å². The van der Waals surface area contributed by atoms with E-state index in [9.17, 15) is 4.79 Å². The average molecular weight is 396 g/mol. The summed E-state index contributed by atoms with van der Waals surface area (Å²) in [6.45, 7) is 6.85. The molecule has 0 radical (unpaired) electrons. The van der Waals surface area contributed by atoms with Crippen molar-refractivity contribution in [1.29, 1.82) is 0 Å². The molecular formula is C24H45NO3. The zero-order chi connectivity index (χ0) is 20.1. The molecule has 0 aromatic rings. The Morgan fingerprint density at radius 3 is 1.68 bits per heavy atom. The molecule has 1 atom stereocenters. The first-order valence-corrected chi connectivity index (χ1v) is 11.9. The molecule has 0 aliphatic carbocycles. The van der Waals surface area contributed by atoms with Gasteiger partial charge in [-0.15, -0.1) is 0 Å². The molecule has 0 bridgehead atoms. The highest BCUT2D eigenvalue weighted by Gasteiger charge is 2.21. The summed E-state index contributed by atoms with van der Waals surface area (Å²) in [6, 6.07) is 0. The zero-order valence-corrected chi connectivity index (χ0v) is 18.2. The van der Waals surface area contributed by atoms with Crippen LogP contribution in [-0.4, -0.2) is 38.4 Å². The molecular weight excluding hydrogens is 350 g/mol. The second-order valence-corrected chi connectivity index (χ2v) is 8.18. The van der Waals surface area contributed by atoms with E-state index < -0.39 is 0 Å². The lowest BCUT2D eigenvalue weighted by molar-refractivity contribution is -0.116. The van der Waals surface area contributed by atoms with Crippen molar-refractivity contribution in [2.24, 2.45) is 0 Å². The second-order valence-electron chi connectivity index (χ2n) is 8.18. The van der Waals surface area contributed by atoms with Crippen molar-refractivity contribution in [2.45, 2.75) is 109 Å². The number of epoxide rings is 1. The van der Waals surface area contributed by atoms with Gasteiger partial charge < -0.3 is 14.8 Å². The number of hydrogen-bond acceptors (Lipinski definition) is 3. The lowest BCUT2D eigenvalue weighted by Crippen LogP contribution is -2.21. The van der Waals surface area contributed by atoms with E-state index in [4.69, 9.17) is 9.47 Å². The Hall–Kier alpha value is -0.870. The number of carbonyl (C=O) groups excluding carboxylic acids is 1. The molecule has 0 aromatic carbocycles. The number of unbranched alkanes of at least 4 members (excludes halogenated alkanes) is 15. The average Bonchev–Trinajstić information content (AvgIpc) is 3.53. The van der Waals surface area contributed by atoms with Crippen LogP contribution in [0.2, 0.25) is 0 Å². The number of nitrogens with one attached hydrogen (secondary N) is 1. The van der Waals surface area contributed by atoms with Gasteiger partial charge >= 0.3 is 0 Å². The topological polar surface area (TPSA) is 50.9 Å². The molecule has 1 aliphatic heterocycles. The second kappa shape index (κ2) is 19.4. The number of carbonyl (C=O) groups is 1. The number of hydrogen-bond donors (Lipinski definition) is 1. The van der Waals surface area contributed by atoms with Gasteiger partial charge in [0.2, 0.25) is 5.91 Å². The SMILES string of the molecule is C=CC(=O)NCCCCCCCCCCCCCCCCCCOCC1CO1. The fraction of sp³-hybridized carbons (Fsp3) is 0.875. The Morgan fingerprint density at radius 2 is 1.25 bits per heavy atom. The molecule has 1 heterocycles. The molecule has 1 amide bonds. The predicted octanol–water partition coefficient (Wildman–Crippen LogP) is 5.95.